The SMILES string of the molecule is O=c1ccc(C(F)(F)F)cn1Cc1ccc(C(F)(F)F)cc1. The second kappa shape index (κ2) is 5.51. The minimum absolute atomic E-state index is 0.249. The zero-order valence-corrected chi connectivity index (χ0v) is 10.9. The minimum atomic E-state index is -4.60. The van der Waals surface area contributed by atoms with Crippen LogP contribution in [0.15, 0.2) is 47.4 Å². The van der Waals surface area contributed by atoms with Gasteiger partial charge in [-0.3, -0.25) is 4.79 Å². The van der Waals surface area contributed by atoms with E-state index in [9.17, 15) is 31.1 Å². The van der Waals surface area contributed by atoms with Crippen molar-refractivity contribution in [2.45, 2.75) is 18.9 Å². The molecule has 0 bridgehead atoms. The van der Waals surface area contributed by atoms with Gasteiger partial charge in [-0.2, -0.15) is 26.3 Å². The Morgan fingerprint density at radius 2 is 1.27 bits per heavy atom. The summed E-state index contributed by atoms with van der Waals surface area (Å²) in [5, 5.41) is 0. The predicted octanol–water partition coefficient (Wildman–Crippen LogP) is 3.93. The highest BCUT2D eigenvalue weighted by Gasteiger charge is 2.31. The molecule has 0 N–H and O–H groups in total. The van der Waals surface area contributed by atoms with Gasteiger partial charge in [-0.05, 0) is 23.8 Å². The van der Waals surface area contributed by atoms with Crippen molar-refractivity contribution in [1.29, 1.82) is 0 Å². The molecule has 0 aliphatic heterocycles. The fraction of sp³-hybridized carbons (Fsp3) is 0.214. The molecule has 0 unspecified atom stereocenters. The van der Waals surface area contributed by atoms with Crippen LogP contribution in [0.25, 0.3) is 0 Å². The van der Waals surface area contributed by atoms with Crippen molar-refractivity contribution in [2.75, 3.05) is 0 Å². The first kappa shape index (κ1) is 16.1. The number of hydrogen-bond donors (Lipinski definition) is 0. The molecule has 0 atom stereocenters. The monoisotopic (exact) mass is 321 g/mol. The largest absolute Gasteiger partial charge is 0.417 e. The lowest BCUT2D eigenvalue weighted by molar-refractivity contribution is -0.138. The van der Waals surface area contributed by atoms with Gasteiger partial charge in [0.2, 0.25) is 0 Å². The van der Waals surface area contributed by atoms with E-state index >= 15 is 0 Å². The van der Waals surface area contributed by atoms with E-state index < -0.39 is 29.0 Å². The lowest BCUT2D eigenvalue weighted by atomic mass is 10.1. The van der Waals surface area contributed by atoms with Gasteiger partial charge in [-0.1, -0.05) is 12.1 Å². The van der Waals surface area contributed by atoms with E-state index in [0.29, 0.717) is 12.3 Å². The van der Waals surface area contributed by atoms with Crippen molar-refractivity contribution >= 4 is 0 Å². The number of nitrogens with zero attached hydrogens (tertiary/aromatic N) is 1. The number of halogens is 6. The molecule has 0 amide bonds. The molecule has 8 heteroatoms. The Labute approximate surface area is 120 Å². The van der Waals surface area contributed by atoms with E-state index in [0.717, 1.165) is 34.9 Å². The molecule has 0 spiro atoms. The van der Waals surface area contributed by atoms with Crippen LogP contribution in [0.4, 0.5) is 26.3 Å². The van der Waals surface area contributed by atoms with Crippen molar-refractivity contribution in [3.8, 4) is 0 Å². The molecular weight excluding hydrogens is 312 g/mol. The summed E-state index contributed by atoms with van der Waals surface area (Å²) in [5.74, 6) is 0. The molecule has 2 aromatic rings. The van der Waals surface area contributed by atoms with Crippen molar-refractivity contribution in [2.24, 2.45) is 0 Å². The van der Waals surface area contributed by atoms with Gasteiger partial charge in [0.25, 0.3) is 5.56 Å². The number of pyridine rings is 1. The van der Waals surface area contributed by atoms with E-state index in [1.165, 1.54) is 0 Å². The summed E-state index contributed by atoms with van der Waals surface area (Å²) in [6, 6.07) is 5.30. The van der Waals surface area contributed by atoms with Crippen molar-refractivity contribution in [3.05, 3.63) is 69.6 Å². The van der Waals surface area contributed by atoms with Gasteiger partial charge in [0.15, 0.2) is 0 Å². The Hall–Kier alpha value is -2.25. The van der Waals surface area contributed by atoms with Crippen molar-refractivity contribution in [3.63, 3.8) is 0 Å². The molecule has 1 heterocycles. The quantitative estimate of drug-likeness (QED) is 0.768. The van der Waals surface area contributed by atoms with E-state index in [1.807, 2.05) is 0 Å². The van der Waals surface area contributed by atoms with Crippen LogP contribution >= 0.6 is 0 Å². The zero-order valence-electron chi connectivity index (χ0n) is 10.9. The van der Waals surface area contributed by atoms with Gasteiger partial charge in [-0.15, -0.1) is 0 Å². The molecule has 1 aromatic carbocycles. The van der Waals surface area contributed by atoms with Crippen LogP contribution in [0.5, 0.6) is 0 Å². The van der Waals surface area contributed by atoms with Crippen LogP contribution in [0.3, 0.4) is 0 Å². The first-order valence-electron chi connectivity index (χ1n) is 6.01. The van der Waals surface area contributed by atoms with Crippen LogP contribution in [0, 0.1) is 0 Å². The minimum Gasteiger partial charge on any atom is -0.311 e. The zero-order chi connectivity index (χ0) is 16.5. The average molecular weight is 321 g/mol. The molecule has 0 aliphatic rings. The van der Waals surface area contributed by atoms with E-state index in [2.05, 4.69) is 0 Å². The molecule has 0 saturated heterocycles. The van der Waals surface area contributed by atoms with Gasteiger partial charge in [-0.25, -0.2) is 0 Å². The van der Waals surface area contributed by atoms with Gasteiger partial charge in [0, 0.05) is 12.3 Å². The lowest BCUT2D eigenvalue weighted by Crippen LogP contribution is -2.22. The summed E-state index contributed by atoms with van der Waals surface area (Å²) in [6.45, 7) is -0.249. The Bertz CT molecular complexity index is 712. The van der Waals surface area contributed by atoms with E-state index in [1.54, 1.807) is 0 Å². The van der Waals surface area contributed by atoms with Crippen LogP contribution in [0.1, 0.15) is 16.7 Å². The van der Waals surface area contributed by atoms with E-state index in [-0.39, 0.29) is 12.1 Å². The number of benzene rings is 1. The predicted molar refractivity (Wildman–Crippen MR) is 66.3 cm³/mol. The fourth-order valence-electron chi connectivity index (χ4n) is 1.82. The Kier molecular flexibility index (Phi) is 4.04. The van der Waals surface area contributed by atoms with Gasteiger partial charge in [0.05, 0.1) is 17.7 Å². The smallest absolute Gasteiger partial charge is 0.311 e. The molecule has 0 aliphatic carbocycles. The molecular formula is C14H9F6NO. The summed E-state index contributed by atoms with van der Waals surface area (Å²) in [5.41, 5.74) is -2.26. The van der Waals surface area contributed by atoms with Crippen LogP contribution in [-0.2, 0) is 18.9 Å². The molecule has 1 aromatic heterocycles. The summed E-state index contributed by atoms with van der Waals surface area (Å²) in [6.07, 6.45) is -8.46. The van der Waals surface area contributed by atoms with E-state index in [4.69, 9.17) is 0 Å². The normalized spacial score (nSPS) is 12.5. The van der Waals surface area contributed by atoms with Crippen LogP contribution in [0.2, 0.25) is 0 Å². The number of alkyl halides is 6. The molecule has 0 fully saturated rings. The standard InChI is InChI=1S/C14H9F6NO/c15-13(16,17)10-3-1-9(2-4-10)7-21-8-11(14(18,19)20)5-6-12(21)22/h1-6,8H,7H2. The Morgan fingerprint density at radius 3 is 1.77 bits per heavy atom. The second-order valence-electron chi connectivity index (χ2n) is 4.58. The lowest BCUT2D eigenvalue weighted by Gasteiger charge is -2.11. The van der Waals surface area contributed by atoms with Crippen LogP contribution in [-0.4, -0.2) is 4.57 Å². The number of aromatic nitrogens is 1. The summed E-state index contributed by atoms with van der Waals surface area (Å²) >= 11 is 0. The third-order valence-corrected chi connectivity index (χ3v) is 2.94. The van der Waals surface area contributed by atoms with Crippen LogP contribution < -0.4 is 5.56 Å². The second-order valence-corrected chi connectivity index (χ2v) is 4.58. The highest BCUT2D eigenvalue weighted by Crippen LogP contribution is 2.30. The maximum Gasteiger partial charge on any atom is 0.417 e. The maximum absolute atomic E-state index is 12.6. The summed E-state index contributed by atoms with van der Waals surface area (Å²) in [4.78, 5) is 11.5. The molecule has 0 saturated carbocycles. The Balaban J connectivity index is 2.29. The first-order valence-corrected chi connectivity index (χ1v) is 6.01. The Morgan fingerprint density at radius 1 is 0.773 bits per heavy atom. The number of hydrogen-bond acceptors (Lipinski definition) is 1. The highest BCUT2D eigenvalue weighted by molar-refractivity contribution is 5.25. The molecule has 118 valence electrons. The van der Waals surface area contributed by atoms with Gasteiger partial charge >= 0.3 is 12.4 Å². The average Bonchev–Trinajstić information content (AvgIpc) is 2.39. The molecule has 22 heavy (non-hydrogen) atoms. The van der Waals surface area contributed by atoms with Crippen molar-refractivity contribution in [1.82, 2.24) is 4.57 Å². The number of rotatable bonds is 2. The third-order valence-electron chi connectivity index (χ3n) is 2.94. The molecule has 2 rings (SSSR count). The van der Waals surface area contributed by atoms with Gasteiger partial charge < -0.3 is 4.57 Å². The third kappa shape index (κ3) is 3.69. The maximum atomic E-state index is 12.6. The summed E-state index contributed by atoms with van der Waals surface area (Å²) in [7, 11) is 0. The highest BCUT2D eigenvalue weighted by atomic mass is 19.4. The summed E-state index contributed by atoms with van der Waals surface area (Å²) < 4.78 is 75.8. The topological polar surface area (TPSA) is 22.0 Å². The first-order chi connectivity index (χ1) is 10.1. The molecule has 2 nitrogen and oxygen atoms in total. The fourth-order valence-corrected chi connectivity index (χ4v) is 1.82. The molecule has 0 radical (unpaired) electrons. The van der Waals surface area contributed by atoms with Gasteiger partial charge in [0.1, 0.15) is 0 Å². The van der Waals surface area contributed by atoms with Crippen molar-refractivity contribution < 1.29 is 26.3 Å².